The summed E-state index contributed by atoms with van der Waals surface area (Å²) < 4.78 is 5.32. The maximum absolute atomic E-state index is 9.06. The number of hydrogen-bond acceptors (Lipinski definition) is 2. The number of ether oxygens (including phenoxy) is 1. The van der Waals surface area contributed by atoms with Crippen LogP contribution in [0.25, 0.3) is 0 Å². The summed E-state index contributed by atoms with van der Waals surface area (Å²) in [7, 11) is 0. The fraction of sp³-hybridized carbons (Fsp3) is 1.00. The molecule has 0 spiro atoms. The molecule has 3 atom stereocenters. The first-order chi connectivity index (χ1) is 6.57. The minimum atomic E-state index is -0.636. The van der Waals surface area contributed by atoms with Crippen molar-refractivity contribution in [1.82, 2.24) is 0 Å². The van der Waals surface area contributed by atoms with Crippen LogP contribution in [0.15, 0.2) is 0 Å². The number of hydrogen-bond donors (Lipinski definition) is 1. The highest BCUT2D eigenvalue weighted by Gasteiger charge is 2.13. The molecule has 0 aromatic carbocycles. The molecule has 0 rings (SSSR count). The van der Waals surface area contributed by atoms with Crippen molar-refractivity contribution in [2.45, 2.75) is 72.2 Å². The molecular formula is C12H26O2. The molecule has 0 aliphatic rings. The zero-order chi connectivity index (χ0) is 11.0. The lowest BCUT2D eigenvalue weighted by Gasteiger charge is -2.21. The van der Waals surface area contributed by atoms with Gasteiger partial charge in [-0.15, -0.1) is 0 Å². The molecule has 2 heteroatoms. The second-order valence-corrected chi connectivity index (χ2v) is 4.27. The standard InChI is InChI=1S/C12H26O2/c1-5-6-7-8-9-10(2)11(3)14-12(4)13/h10-13H,5-9H2,1-4H3. The van der Waals surface area contributed by atoms with Gasteiger partial charge in [0.2, 0.25) is 0 Å². The van der Waals surface area contributed by atoms with Gasteiger partial charge in [-0.05, 0) is 26.2 Å². The van der Waals surface area contributed by atoms with Crippen molar-refractivity contribution in [3.8, 4) is 0 Å². The van der Waals surface area contributed by atoms with E-state index < -0.39 is 6.29 Å². The average molecular weight is 202 g/mol. The fourth-order valence-corrected chi connectivity index (χ4v) is 1.57. The lowest BCUT2D eigenvalue weighted by atomic mass is 9.98. The van der Waals surface area contributed by atoms with Crippen molar-refractivity contribution in [3.63, 3.8) is 0 Å². The minimum absolute atomic E-state index is 0.164. The molecule has 0 radical (unpaired) electrons. The van der Waals surface area contributed by atoms with Crippen molar-refractivity contribution in [2.75, 3.05) is 0 Å². The lowest BCUT2D eigenvalue weighted by Crippen LogP contribution is -2.23. The number of aliphatic hydroxyl groups excluding tert-OH is 1. The van der Waals surface area contributed by atoms with Crippen molar-refractivity contribution in [2.24, 2.45) is 5.92 Å². The van der Waals surface area contributed by atoms with Crippen LogP contribution in [0.3, 0.4) is 0 Å². The summed E-state index contributed by atoms with van der Waals surface area (Å²) in [6, 6.07) is 0. The van der Waals surface area contributed by atoms with Crippen molar-refractivity contribution in [1.29, 1.82) is 0 Å². The molecule has 1 N–H and O–H groups in total. The van der Waals surface area contributed by atoms with Gasteiger partial charge in [0.15, 0.2) is 6.29 Å². The molecule has 0 fully saturated rings. The van der Waals surface area contributed by atoms with Gasteiger partial charge in [-0.3, -0.25) is 0 Å². The summed E-state index contributed by atoms with van der Waals surface area (Å²) in [5.41, 5.74) is 0. The molecule has 86 valence electrons. The van der Waals surface area contributed by atoms with E-state index in [-0.39, 0.29) is 6.10 Å². The van der Waals surface area contributed by atoms with Gasteiger partial charge in [-0.2, -0.15) is 0 Å². The predicted molar refractivity (Wildman–Crippen MR) is 60.2 cm³/mol. The normalized spacial score (nSPS) is 17.8. The van der Waals surface area contributed by atoms with E-state index >= 15 is 0 Å². The molecule has 0 amide bonds. The van der Waals surface area contributed by atoms with Gasteiger partial charge in [0, 0.05) is 0 Å². The van der Waals surface area contributed by atoms with Gasteiger partial charge in [0.1, 0.15) is 0 Å². The summed E-state index contributed by atoms with van der Waals surface area (Å²) in [6.45, 7) is 8.12. The Labute approximate surface area is 88.7 Å². The minimum Gasteiger partial charge on any atom is -0.368 e. The zero-order valence-corrected chi connectivity index (χ0v) is 10.1. The maximum Gasteiger partial charge on any atom is 0.152 e. The van der Waals surface area contributed by atoms with Crippen LogP contribution in [0.4, 0.5) is 0 Å². The van der Waals surface area contributed by atoms with E-state index in [1.807, 2.05) is 6.92 Å². The first-order valence-electron chi connectivity index (χ1n) is 5.91. The third-order valence-electron chi connectivity index (χ3n) is 2.73. The van der Waals surface area contributed by atoms with E-state index in [0.717, 1.165) is 0 Å². The van der Waals surface area contributed by atoms with Crippen molar-refractivity contribution < 1.29 is 9.84 Å². The van der Waals surface area contributed by atoms with Crippen LogP contribution in [0, 0.1) is 5.92 Å². The summed E-state index contributed by atoms with van der Waals surface area (Å²) in [5, 5.41) is 9.06. The van der Waals surface area contributed by atoms with Crippen molar-refractivity contribution in [3.05, 3.63) is 0 Å². The maximum atomic E-state index is 9.06. The molecule has 0 saturated carbocycles. The summed E-state index contributed by atoms with van der Waals surface area (Å²) >= 11 is 0. The Bertz CT molecular complexity index is 123. The number of unbranched alkanes of at least 4 members (excludes halogenated alkanes) is 3. The van der Waals surface area contributed by atoms with Crippen LogP contribution in [0.5, 0.6) is 0 Å². The Morgan fingerprint density at radius 3 is 2.21 bits per heavy atom. The van der Waals surface area contributed by atoms with E-state index in [2.05, 4.69) is 13.8 Å². The smallest absolute Gasteiger partial charge is 0.152 e. The van der Waals surface area contributed by atoms with Gasteiger partial charge in [-0.25, -0.2) is 0 Å². The number of aliphatic hydroxyl groups is 1. The molecule has 0 aliphatic carbocycles. The Morgan fingerprint density at radius 1 is 1.07 bits per heavy atom. The molecule has 0 bridgehead atoms. The molecule has 0 aromatic rings. The third-order valence-corrected chi connectivity index (χ3v) is 2.73. The number of rotatable bonds is 8. The summed E-state index contributed by atoms with van der Waals surface area (Å²) in [5.74, 6) is 0.543. The third kappa shape index (κ3) is 7.34. The first-order valence-corrected chi connectivity index (χ1v) is 5.91. The highest BCUT2D eigenvalue weighted by Crippen LogP contribution is 2.16. The Kier molecular flexibility index (Phi) is 8.20. The monoisotopic (exact) mass is 202 g/mol. The van der Waals surface area contributed by atoms with Crippen LogP contribution in [-0.2, 0) is 4.74 Å². The Morgan fingerprint density at radius 2 is 1.71 bits per heavy atom. The van der Waals surface area contributed by atoms with E-state index in [4.69, 9.17) is 9.84 Å². The van der Waals surface area contributed by atoms with Gasteiger partial charge >= 0.3 is 0 Å². The van der Waals surface area contributed by atoms with Crippen LogP contribution in [0.1, 0.15) is 59.8 Å². The topological polar surface area (TPSA) is 29.5 Å². The molecule has 2 nitrogen and oxygen atoms in total. The first kappa shape index (κ1) is 13.9. The Balaban J connectivity index is 3.46. The van der Waals surface area contributed by atoms with Crippen molar-refractivity contribution >= 4 is 0 Å². The molecule has 0 aromatic heterocycles. The largest absolute Gasteiger partial charge is 0.368 e. The van der Waals surface area contributed by atoms with Crippen LogP contribution < -0.4 is 0 Å². The average Bonchev–Trinajstić information content (AvgIpc) is 2.11. The quantitative estimate of drug-likeness (QED) is 0.483. The van der Waals surface area contributed by atoms with Gasteiger partial charge < -0.3 is 9.84 Å². The predicted octanol–water partition coefficient (Wildman–Crippen LogP) is 3.34. The highest BCUT2D eigenvalue weighted by molar-refractivity contribution is 4.61. The van der Waals surface area contributed by atoms with Crippen LogP contribution in [0.2, 0.25) is 0 Å². The Hall–Kier alpha value is -0.0800. The molecule has 0 saturated heterocycles. The molecule has 14 heavy (non-hydrogen) atoms. The van der Waals surface area contributed by atoms with E-state index in [1.54, 1.807) is 6.92 Å². The summed E-state index contributed by atoms with van der Waals surface area (Å²) in [6.07, 6.45) is 5.95. The van der Waals surface area contributed by atoms with Gasteiger partial charge in [0.25, 0.3) is 0 Å². The molecular weight excluding hydrogens is 176 g/mol. The fourth-order valence-electron chi connectivity index (χ4n) is 1.57. The zero-order valence-electron chi connectivity index (χ0n) is 10.1. The van der Waals surface area contributed by atoms with Gasteiger partial charge in [-0.1, -0.05) is 39.5 Å². The van der Waals surface area contributed by atoms with E-state index in [0.29, 0.717) is 5.92 Å². The highest BCUT2D eigenvalue weighted by atomic mass is 16.6. The van der Waals surface area contributed by atoms with Gasteiger partial charge in [0.05, 0.1) is 6.10 Å². The second kappa shape index (κ2) is 8.25. The molecule has 3 unspecified atom stereocenters. The van der Waals surface area contributed by atoms with E-state index in [1.165, 1.54) is 32.1 Å². The lowest BCUT2D eigenvalue weighted by molar-refractivity contribution is -0.132. The van der Waals surface area contributed by atoms with Crippen LogP contribution >= 0.6 is 0 Å². The second-order valence-electron chi connectivity index (χ2n) is 4.27. The van der Waals surface area contributed by atoms with Crippen LogP contribution in [-0.4, -0.2) is 17.5 Å². The molecule has 0 heterocycles. The summed E-state index contributed by atoms with van der Waals surface area (Å²) in [4.78, 5) is 0. The van der Waals surface area contributed by atoms with E-state index in [9.17, 15) is 0 Å². The molecule has 0 aliphatic heterocycles. The SMILES string of the molecule is CCCCCCC(C)C(C)OC(C)O.